The molecule has 118 valence electrons. The monoisotopic (exact) mass is 303 g/mol. The Morgan fingerprint density at radius 2 is 2.27 bits per heavy atom. The summed E-state index contributed by atoms with van der Waals surface area (Å²) in [4.78, 5) is 17.8. The molecule has 0 saturated carbocycles. The van der Waals surface area contributed by atoms with E-state index in [2.05, 4.69) is 20.5 Å². The molecule has 0 saturated heterocycles. The number of aliphatic hydroxyl groups excluding tert-OH is 1. The van der Waals surface area contributed by atoms with Gasteiger partial charge in [0.25, 0.3) is 0 Å². The van der Waals surface area contributed by atoms with Gasteiger partial charge in [0.05, 0.1) is 6.61 Å². The Morgan fingerprint density at radius 3 is 2.91 bits per heavy atom. The standard InChI is InChI=1S/C15H21N5O2/c1-3-20(7-8-21)15(22)16-10-12-5-4-6-13(9-12)14-17-11(2)18-19-14/h4-6,9,21H,3,7-8,10H2,1-2H3,(H,16,22)(H,17,18,19). The molecule has 0 fully saturated rings. The van der Waals surface area contributed by atoms with Gasteiger partial charge in [-0.3, -0.25) is 5.10 Å². The van der Waals surface area contributed by atoms with E-state index in [0.29, 0.717) is 25.5 Å². The Labute approximate surface area is 129 Å². The summed E-state index contributed by atoms with van der Waals surface area (Å²) >= 11 is 0. The molecular formula is C15H21N5O2. The number of carbonyl (C=O) groups is 1. The lowest BCUT2D eigenvalue weighted by molar-refractivity contribution is 0.180. The average molecular weight is 303 g/mol. The summed E-state index contributed by atoms with van der Waals surface area (Å²) in [7, 11) is 0. The number of aromatic amines is 1. The van der Waals surface area contributed by atoms with E-state index < -0.39 is 0 Å². The summed E-state index contributed by atoms with van der Waals surface area (Å²) in [6.07, 6.45) is 0. The first-order chi connectivity index (χ1) is 10.6. The molecule has 1 aromatic heterocycles. The first-order valence-electron chi connectivity index (χ1n) is 7.26. The van der Waals surface area contributed by atoms with Crippen LogP contribution in [0, 0.1) is 6.92 Å². The summed E-state index contributed by atoms with van der Waals surface area (Å²) in [6.45, 7) is 4.99. The van der Waals surface area contributed by atoms with Gasteiger partial charge in [0.1, 0.15) is 5.82 Å². The molecule has 0 aliphatic rings. The minimum absolute atomic E-state index is 0.0407. The molecule has 2 rings (SSSR count). The number of H-pyrrole nitrogens is 1. The van der Waals surface area contributed by atoms with Gasteiger partial charge in [-0.05, 0) is 25.5 Å². The number of likely N-dealkylation sites (N-methyl/N-ethyl adjacent to an activating group) is 1. The molecule has 1 aromatic carbocycles. The lowest BCUT2D eigenvalue weighted by Gasteiger charge is -2.20. The molecule has 0 radical (unpaired) electrons. The minimum atomic E-state index is -0.185. The predicted molar refractivity (Wildman–Crippen MR) is 83.1 cm³/mol. The largest absolute Gasteiger partial charge is 0.395 e. The number of aromatic nitrogens is 3. The number of rotatable bonds is 6. The Hall–Kier alpha value is -2.41. The number of aryl methyl sites for hydroxylation is 1. The first kappa shape index (κ1) is 16.0. The van der Waals surface area contributed by atoms with Crippen molar-refractivity contribution in [2.45, 2.75) is 20.4 Å². The van der Waals surface area contributed by atoms with Crippen LogP contribution in [-0.2, 0) is 6.54 Å². The number of amides is 2. The second-order valence-electron chi connectivity index (χ2n) is 4.91. The number of carbonyl (C=O) groups excluding carboxylic acids is 1. The van der Waals surface area contributed by atoms with Crippen molar-refractivity contribution in [1.82, 2.24) is 25.4 Å². The summed E-state index contributed by atoms with van der Waals surface area (Å²) in [6, 6.07) is 7.54. The quantitative estimate of drug-likeness (QED) is 0.750. The zero-order valence-corrected chi connectivity index (χ0v) is 12.8. The van der Waals surface area contributed by atoms with Crippen molar-refractivity contribution in [2.75, 3.05) is 19.7 Å². The van der Waals surface area contributed by atoms with Crippen LogP contribution < -0.4 is 5.32 Å². The molecule has 22 heavy (non-hydrogen) atoms. The van der Waals surface area contributed by atoms with Gasteiger partial charge in [0.2, 0.25) is 0 Å². The van der Waals surface area contributed by atoms with Crippen LogP contribution in [0.1, 0.15) is 18.3 Å². The minimum Gasteiger partial charge on any atom is -0.395 e. The fraction of sp³-hybridized carbons (Fsp3) is 0.400. The topological polar surface area (TPSA) is 94.1 Å². The van der Waals surface area contributed by atoms with Crippen molar-refractivity contribution in [3.8, 4) is 11.4 Å². The Kier molecular flexibility index (Phi) is 5.48. The van der Waals surface area contributed by atoms with Crippen LogP contribution in [0.15, 0.2) is 24.3 Å². The molecule has 7 nitrogen and oxygen atoms in total. The molecule has 0 aliphatic heterocycles. The van der Waals surface area contributed by atoms with Gasteiger partial charge in [-0.25, -0.2) is 9.78 Å². The molecule has 0 unspecified atom stereocenters. The molecular weight excluding hydrogens is 282 g/mol. The summed E-state index contributed by atoms with van der Waals surface area (Å²) in [5, 5.41) is 18.7. The molecule has 3 N–H and O–H groups in total. The summed E-state index contributed by atoms with van der Waals surface area (Å²) < 4.78 is 0. The predicted octanol–water partition coefficient (Wildman–Crippen LogP) is 1.30. The molecule has 0 atom stereocenters. The van der Waals surface area contributed by atoms with Crippen molar-refractivity contribution < 1.29 is 9.90 Å². The van der Waals surface area contributed by atoms with Crippen LogP contribution in [0.3, 0.4) is 0 Å². The van der Waals surface area contributed by atoms with Gasteiger partial charge in [-0.15, -0.1) is 0 Å². The molecule has 0 aliphatic carbocycles. The van der Waals surface area contributed by atoms with Crippen LogP contribution in [0.2, 0.25) is 0 Å². The normalized spacial score (nSPS) is 10.5. The maximum Gasteiger partial charge on any atom is 0.317 e. The van der Waals surface area contributed by atoms with E-state index in [0.717, 1.165) is 17.0 Å². The number of hydrogen-bond donors (Lipinski definition) is 3. The van der Waals surface area contributed by atoms with E-state index in [4.69, 9.17) is 5.11 Å². The second kappa shape index (κ2) is 7.56. The zero-order chi connectivity index (χ0) is 15.9. The average Bonchev–Trinajstić information content (AvgIpc) is 2.97. The van der Waals surface area contributed by atoms with Gasteiger partial charge in [-0.1, -0.05) is 18.2 Å². The van der Waals surface area contributed by atoms with E-state index in [9.17, 15) is 4.79 Å². The molecule has 2 amide bonds. The molecule has 1 heterocycles. The number of benzene rings is 1. The van der Waals surface area contributed by atoms with Gasteiger partial charge in [0, 0.05) is 25.2 Å². The maximum atomic E-state index is 12.0. The maximum absolute atomic E-state index is 12.0. The summed E-state index contributed by atoms with van der Waals surface area (Å²) in [5.74, 6) is 1.40. The SMILES string of the molecule is CCN(CCO)C(=O)NCc1cccc(-c2n[nH]c(C)n2)c1. The molecule has 0 bridgehead atoms. The van der Waals surface area contributed by atoms with Crippen molar-refractivity contribution in [1.29, 1.82) is 0 Å². The van der Waals surface area contributed by atoms with Gasteiger partial charge < -0.3 is 15.3 Å². The van der Waals surface area contributed by atoms with E-state index in [-0.39, 0.29) is 12.6 Å². The number of nitrogens with zero attached hydrogens (tertiary/aromatic N) is 3. The Morgan fingerprint density at radius 1 is 1.45 bits per heavy atom. The highest BCUT2D eigenvalue weighted by molar-refractivity contribution is 5.74. The second-order valence-corrected chi connectivity index (χ2v) is 4.91. The fourth-order valence-corrected chi connectivity index (χ4v) is 2.11. The highest BCUT2D eigenvalue weighted by Gasteiger charge is 2.10. The molecule has 0 spiro atoms. The van der Waals surface area contributed by atoms with E-state index in [1.807, 2.05) is 38.1 Å². The third kappa shape index (κ3) is 4.05. The Balaban J connectivity index is 2.00. The first-order valence-corrected chi connectivity index (χ1v) is 7.26. The van der Waals surface area contributed by atoms with Crippen molar-refractivity contribution in [2.24, 2.45) is 0 Å². The molecule has 7 heteroatoms. The van der Waals surface area contributed by atoms with E-state index >= 15 is 0 Å². The van der Waals surface area contributed by atoms with Crippen molar-refractivity contribution >= 4 is 6.03 Å². The van der Waals surface area contributed by atoms with Crippen LogP contribution >= 0.6 is 0 Å². The lowest BCUT2D eigenvalue weighted by atomic mass is 10.1. The number of hydrogen-bond acceptors (Lipinski definition) is 4. The van der Waals surface area contributed by atoms with Gasteiger partial charge in [-0.2, -0.15) is 5.10 Å². The highest BCUT2D eigenvalue weighted by Crippen LogP contribution is 2.16. The number of aliphatic hydroxyl groups is 1. The third-order valence-corrected chi connectivity index (χ3v) is 3.26. The van der Waals surface area contributed by atoms with Gasteiger partial charge in [0.15, 0.2) is 5.82 Å². The van der Waals surface area contributed by atoms with Crippen LogP contribution in [0.25, 0.3) is 11.4 Å². The smallest absolute Gasteiger partial charge is 0.317 e. The van der Waals surface area contributed by atoms with E-state index in [1.165, 1.54) is 0 Å². The fourth-order valence-electron chi connectivity index (χ4n) is 2.11. The Bertz CT molecular complexity index is 626. The van der Waals surface area contributed by atoms with E-state index in [1.54, 1.807) is 4.90 Å². The van der Waals surface area contributed by atoms with Gasteiger partial charge >= 0.3 is 6.03 Å². The molecule has 2 aromatic rings. The zero-order valence-electron chi connectivity index (χ0n) is 12.8. The third-order valence-electron chi connectivity index (χ3n) is 3.26. The van der Waals surface area contributed by atoms with Crippen molar-refractivity contribution in [3.05, 3.63) is 35.7 Å². The lowest BCUT2D eigenvalue weighted by Crippen LogP contribution is -2.41. The summed E-state index contributed by atoms with van der Waals surface area (Å²) in [5.41, 5.74) is 1.87. The van der Waals surface area contributed by atoms with Crippen LogP contribution in [0.4, 0.5) is 4.79 Å². The number of nitrogens with one attached hydrogen (secondary N) is 2. The van der Waals surface area contributed by atoms with Crippen LogP contribution in [-0.4, -0.2) is 50.9 Å². The number of urea groups is 1. The van der Waals surface area contributed by atoms with Crippen molar-refractivity contribution in [3.63, 3.8) is 0 Å². The highest BCUT2D eigenvalue weighted by atomic mass is 16.3. The van der Waals surface area contributed by atoms with Crippen LogP contribution in [0.5, 0.6) is 0 Å².